The van der Waals surface area contributed by atoms with E-state index in [0.29, 0.717) is 12.8 Å². The second-order valence-corrected chi connectivity index (χ2v) is 3.88. The van der Waals surface area contributed by atoms with Crippen molar-refractivity contribution in [2.75, 3.05) is 13.2 Å². The van der Waals surface area contributed by atoms with E-state index in [9.17, 15) is 8.78 Å². The Labute approximate surface area is 73.5 Å². The zero-order valence-electron chi connectivity index (χ0n) is 6.91. The molecule has 0 radical (unpaired) electrons. The number of alkyl halides is 2. The minimum atomic E-state index is -2.32. The standard InChI is InChI=1S/C7H9F2N3O/c8-5(9)6-1-7(2-6,13-4-6)3-11-12-10/h5H,1-4H2. The largest absolute Gasteiger partial charge is 0.374 e. The molecule has 3 rings (SSSR count). The Morgan fingerprint density at radius 2 is 2.23 bits per heavy atom. The summed E-state index contributed by atoms with van der Waals surface area (Å²) in [4.78, 5) is 2.59. The van der Waals surface area contributed by atoms with E-state index in [1.54, 1.807) is 0 Å². The second kappa shape index (κ2) is 2.56. The first kappa shape index (κ1) is 8.72. The Bertz CT molecular complexity index is 269. The van der Waals surface area contributed by atoms with Crippen molar-refractivity contribution in [3.8, 4) is 0 Å². The van der Waals surface area contributed by atoms with Crippen molar-refractivity contribution in [3.05, 3.63) is 10.4 Å². The summed E-state index contributed by atoms with van der Waals surface area (Å²) in [5.74, 6) is 0. The molecule has 0 amide bonds. The van der Waals surface area contributed by atoms with Gasteiger partial charge >= 0.3 is 0 Å². The monoisotopic (exact) mass is 189 g/mol. The molecule has 0 spiro atoms. The lowest BCUT2D eigenvalue weighted by atomic mass is 9.63. The van der Waals surface area contributed by atoms with E-state index in [0.717, 1.165) is 0 Å². The van der Waals surface area contributed by atoms with Crippen LogP contribution in [0.15, 0.2) is 5.11 Å². The molecule has 13 heavy (non-hydrogen) atoms. The maximum absolute atomic E-state index is 12.5. The van der Waals surface area contributed by atoms with Crippen LogP contribution < -0.4 is 0 Å². The van der Waals surface area contributed by atoms with Gasteiger partial charge in [-0.1, -0.05) is 5.11 Å². The average molecular weight is 189 g/mol. The van der Waals surface area contributed by atoms with E-state index >= 15 is 0 Å². The number of hydrogen-bond acceptors (Lipinski definition) is 2. The smallest absolute Gasteiger partial charge is 0.246 e. The van der Waals surface area contributed by atoms with Gasteiger partial charge in [-0.3, -0.25) is 0 Å². The van der Waals surface area contributed by atoms with Gasteiger partial charge in [0.1, 0.15) is 0 Å². The predicted octanol–water partition coefficient (Wildman–Crippen LogP) is 2.11. The molecule has 0 aromatic rings. The molecule has 1 aliphatic carbocycles. The molecule has 1 saturated carbocycles. The lowest BCUT2D eigenvalue weighted by Gasteiger charge is -2.43. The topological polar surface area (TPSA) is 58.0 Å². The highest BCUT2D eigenvalue weighted by Crippen LogP contribution is 2.60. The van der Waals surface area contributed by atoms with E-state index in [1.807, 2.05) is 0 Å². The van der Waals surface area contributed by atoms with E-state index < -0.39 is 17.4 Å². The minimum Gasteiger partial charge on any atom is -0.374 e. The van der Waals surface area contributed by atoms with Gasteiger partial charge in [-0.2, -0.15) is 0 Å². The van der Waals surface area contributed by atoms with Crippen molar-refractivity contribution in [1.29, 1.82) is 0 Å². The maximum atomic E-state index is 12.5. The Morgan fingerprint density at radius 3 is 2.69 bits per heavy atom. The number of rotatable bonds is 3. The third-order valence-electron chi connectivity index (χ3n) is 2.90. The van der Waals surface area contributed by atoms with Crippen molar-refractivity contribution in [2.24, 2.45) is 10.5 Å². The number of fused-ring (bicyclic) bond motifs is 1. The van der Waals surface area contributed by atoms with Crippen LogP contribution in [0.25, 0.3) is 10.4 Å². The van der Waals surface area contributed by atoms with Crippen molar-refractivity contribution < 1.29 is 13.5 Å². The highest BCUT2D eigenvalue weighted by atomic mass is 19.3. The molecule has 4 nitrogen and oxygen atoms in total. The van der Waals surface area contributed by atoms with Crippen LogP contribution >= 0.6 is 0 Å². The van der Waals surface area contributed by atoms with Crippen LogP contribution in [0.2, 0.25) is 0 Å². The van der Waals surface area contributed by atoms with Crippen LogP contribution in [0.1, 0.15) is 12.8 Å². The molecule has 0 N–H and O–H groups in total. The van der Waals surface area contributed by atoms with Gasteiger partial charge in [0.15, 0.2) is 0 Å². The number of hydrogen-bond donors (Lipinski definition) is 0. The zero-order chi connectivity index (χ0) is 9.53. The summed E-state index contributed by atoms with van der Waals surface area (Å²) in [6.07, 6.45) is -1.66. The number of ether oxygens (including phenoxy) is 1. The van der Waals surface area contributed by atoms with Crippen molar-refractivity contribution in [2.45, 2.75) is 24.9 Å². The fraction of sp³-hybridized carbons (Fsp3) is 1.00. The molecule has 0 atom stereocenters. The average Bonchev–Trinajstić information content (AvgIpc) is 2.55. The summed E-state index contributed by atoms with van der Waals surface area (Å²) >= 11 is 0. The van der Waals surface area contributed by atoms with Gasteiger partial charge in [0.2, 0.25) is 6.43 Å². The second-order valence-electron chi connectivity index (χ2n) is 3.88. The summed E-state index contributed by atoms with van der Waals surface area (Å²) in [5.41, 5.74) is 6.58. The molecule has 6 heteroatoms. The van der Waals surface area contributed by atoms with Gasteiger partial charge in [-0.25, -0.2) is 8.78 Å². The van der Waals surface area contributed by atoms with E-state index in [-0.39, 0.29) is 13.2 Å². The summed E-state index contributed by atoms with van der Waals surface area (Å²) in [6, 6.07) is 0. The molecule has 0 unspecified atom stereocenters. The fourth-order valence-electron chi connectivity index (χ4n) is 2.27. The van der Waals surface area contributed by atoms with Crippen LogP contribution in [0.4, 0.5) is 8.78 Å². The zero-order valence-corrected chi connectivity index (χ0v) is 6.91. The van der Waals surface area contributed by atoms with E-state index in [1.165, 1.54) is 0 Å². The molecule has 2 saturated heterocycles. The lowest BCUT2D eigenvalue weighted by molar-refractivity contribution is -0.0697. The summed E-state index contributed by atoms with van der Waals surface area (Å²) < 4.78 is 30.2. The molecular weight excluding hydrogens is 180 g/mol. The first-order valence-electron chi connectivity index (χ1n) is 4.06. The van der Waals surface area contributed by atoms with Crippen LogP contribution in [0.5, 0.6) is 0 Å². The summed E-state index contributed by atoms with van der Waals surface area (Å²) in [6.45, 7) is 0.281. The minimum absolute atomic E-state index is 0.103. The van der Waals surface area contributed by atoms with E-state index in [2.05, 4.69) is 10.0 Å². The SMILES string of the molecule is [N-]=[N+]=NCC12CC(C(F)F)(CO1)C2. The summed E-state index contributed by atoms with van der Waals surface area (Å²) in [5, 5.41) is 3.36. The molecule has 3 aliphatic rings. The summed E-state index contributed by atoms with van der Waals surface area (Å²) in [7, 11) is 0. The Balaban J connectivity index is 2.02. The molecular formula is C7H9F2N3O. The number of nitrogens with zero attached hydrogens (tertiary/aromatic N) is 3. The van der Waals surface area contributed by atoms with E-state index in [4.69, 9.17) is 10.3 Å². The molecule has 3 fully saturated rings. The molecule has 72 valence electrons. The first-order chi connectivity index (χ1) is 6.13. The Morgan fingerprint density at radius 1 is 1.54 bits per heavy atom. The highest BCUT2D eigenvalue weighted by molar-refractivity contribution is 5.13. The van der Waals surface area contributed by atoms with Gasteiger partial charge in [0.05, 0.1) is 24.2 Å². The first-order valence-corrected chi connectivity index (χ1v) is 4.06. The molecule has 0 aromatic heterocycles. The van der Waals surface area contributed by atoms with Crippen LogP contribution in [0, 0.1) is 5.41 Å². The van der Waals surface area contributed by atoms with Gasteiger partial charge in [-0.05, 0) is 18.4 Å². The maximum Gasteiger partial charge on any atom is 0.246 e. The van der Waals surface area contributed by atoms with Crippen molar-refractivity contribution in [1.82, 2.24) is 0 Å². The van der Waals surface area contributed by atoms with Crippen molar-refractivity contribution in [3.63, 3.8) is 0 Å². The quantitative estimate of drug-likeness (QED) is 0.381. The van der Waals surface area contributed by atoms with Crippen LogP contribution in [0.3, 0.4) is 0 Å². The fourth-order valence-corrected chi connectivity index (χ4v) is 2.27. The Hall–Kier alpha value is -0.870. The molecule has 0 aromatic carbocycles. The number of azide groups is 1. The van der Waals surface area contributed by atoms with Gasteiger partial charge in [0.25, 0.3) is 0 Å². The van der Waals surface area contributed by atoms with Crippen LogP contribution in [-0.2, 0) is 4.74 Å². The Kier molecular flexibility index (Phi) is 1.72. The predicted molar refractivity (Wildman–Crippen MR) is 40.4 cm³/mol. The number of halogens is 2. The third kappa shape index (κ3) is 1.09. The van der Waals surface area contributed by atoms with Gasteiger partial charge in [-0.15, -0.1) is 0 Å². The molecule has 2 bridgehead atoms. The van der Waals surface area contributed by atoms with Crippen LogP contribution in [-0.4, -0.2) is 25.2 Å². The lowest BCUT2D eigenvalue weighted by Crippen LogP contribution is -2.49. The third-order valence-corrected chi connectivity index (χ3v) is 2.90. The van der Waals surface area contributed by atoms with Gasteiger partial charge < -0.3 is 4.74 Å². The molecule has 2 aliphatic heterocycles. The molecule has 2 heterocycles. The van der Waals surface area contributed by atoms with Crippen molar-refractivity contribution >= 4 is 0 Å². The van der Waals surface area contributed by atoms with Gasteiger partial charge in [0, 0.05) is 4.91 Å². The highest BCUT2D eigenvalue weighted by Gasteiger charge is 2.66. The normalized spacial score (nSPS) is 41.5.